The SMILES string of the molecule is O=C(OC1CCCCC1)c1ccc(/C=C\Br)cc1. The van der Waals surface area contributed by atoms with Crippen LogP contribution in [0.1, 0.15) is 48.0 Å². The van der Waals surface area contributed by atoms with Crippen LogP contribution in [-0.2, 0) is 4.74 Å². The highest BCUT2D eigenvalue weighted by atomic mass is 79.9. The fraction of sp³-hybridized carbons (Fsp3) is 0.400. The monoisotopic (exact) mass is 308 g/mol. The van der Waals surface area contributed by atoms with Gasteiger partial charge in [-0.2, -0.15) is 0 Å². The van der Waals surface area contributed by atoms with E-state index in [2.05, 4.69) is 15.9 Å². The minimum Gasteiger partial charge on any atom is -0.459 e. The molecule has 1 aliphatic carbocycles. The maximum atomic E-state index is 11.9. The van der Waals surface area contributed by atoms with Gasteiger partial charge in [-0.05, 0) is 54.4 Å². The first kappa shape index (κ1) is 13.3. The summed E-state index contributed by atoms with van der Waals surface area (Å²) < 4.78 is 5.51. The van der Waals surface area contributed by atoms with E-state index in [0.29, 0.717) is 5.56 Å². The molecule has 0 aliphatic heterocycles. The van der Waals surface area contributed by atoms with Gasteiger partial charge in [-0.1, -0.05) is 34.5 Å². The first-order valence-corrected chi connectivity index (χ1v) is 7.29. The third-order valence-corrected chi connectivity index (χ3v) is 3.49. The van der Waals surface area contributed by atoms with Gasteiger partial charge in [0, 0.05) is 0 Å². The van der Waals surface area contributed by atoms with Crippen LogP contribution in [0.5, 0.6) is 0 Å². The highest BCUT2D eigenvalue weighted by molar-refractivity contribution is 9.11. The summed E-state index contributed by atoms with van der Waals surface area (Å²) in [6.07, 6.45) is 7.68. The van der Waals surface area contributed by atoms with Crippen molar-refractivity contribution < 1.29 is 9.53 Å². The van der Waals surface area contributed by atoms with Crippen molar-refractivity contribution in [3.8, 4) is 0 Å². The lowest BCUT2D eigenvalue weighted by Gasteiger charge is -2.21. The van der Waals surface area contributed by atoms with Crippen molar-refractivity contribution in [2.45, 2.75) is 38.2 Å². The number of esters is 1. The molecular formula is C15H17BrO2. The van der Waals surface area contributed by atoms with Crippen LogP contribution in [0.25, 0.3) is 6.08 Å². The zero-order chi connectivity index (χ0) is 12.8. The van der Waals surface area contributed by atoms with Gasteiger partial charge >= 0.3 is 5.97 Å². The summed E-state index contributed by atoms with van der Waals surface area (Å²) in [7, 11) is 0. The third kappa shape index (κ3) is 3.70. The lowest BCUT2D eigenvalue weighted by atomic mass is 9.98. The Morgan fingerprint density at radius 3 is 2.44 bits per heavy atom. The first-order chi connectivity index (χ1) is 8.79. The standard InChI is InChI=1S/C15H17BrO2/c16-11-10-12-6-8-13(9-7-12)15(17)18-14-4-2-1-3-5-14/h6-11,14H,1-5H2/b11-10-. The number of hydrogen-bond acceptors (Lipinski definition) is 2. The number of hydrogen-bond donors (Lipinski definition) is 0. The summed E-state index contributed by atoms with van der Waals surface area (Å²) >= 11 is 3.23. The largest absolute Gasteiger partial charge is 0.459 e. The average molecular weight is 309 g/mol. The fourth-order valence-corrected chi connectivity index (χ4v) is 2.51. The maximum Gasteiger partial charge on any atom is 0.338 e. The van der Waals surface area contributed by atoms with Gasteiger partial charge in [0.1, 0.15) is 6.10 Å². The molecule has 0 spiro atoms. The number of benzene rings is 1. The zero-order valence-electron chi connectivity index (χ0n) is 10.3. The van der Waals surface area contributed by atoms with Crippen LogP contribution in [0.2, 0.25) is 0 Å². The molecule has 2 nitrogen and oxygen atoms in total. The second kappa shape index (κ2) is 6.74. The average Bonchev–Trinajstić information content (AvgIpc) is 2.41. The molecule has 0 unspecified atom stereocenters. The zero-order valence-corrected chi connectivity index (χ0v) is 11.9. The van der Waals surface area contributed by atoms with Gasteiger partial charge in [0.25, 0.3) is 0 Å². The molecule has 2 rings (SSSR count). The molecule has 0 radical (unpaired) electrons. The van der Waals surface area contributed by atoms with E-state index in [1.54, 1.807) is 4.99 Å². The Labute approximate surface area is 116 Å². The first-order valence-electron chi connectivity index (χ1n) is 6.37. The van der Waals surface area contributed by atoms with E-state index in [0.717, 1.165) is 18.4 Å². The smallest absolute Gasteiger partial charge is 0.338 e. The van der Waals surface area contributed by atoms with Crippen molar-refractivity contribution in [3.05, 3.63) is 40.4 Å². The second-order valence-electron chi connectivity index (χ2n) is 4.58. The quantitative estimate of drug-likeness (QED) is 0.766. The molecule has 1 aromatic rings. The van der Waals surface area contributed by atoms with E-state index < -0.39 is 0 Å². The lowest BCUT2D eigenvalue weighted by Crippen LogP contribution is -2.20. The van der Waals surface area contributed by atoms with Gasteiger partial charge in [-0.25, -0.2) is 4.79 Å². The molecule has 3 heteroatoms. The Bertz CT molecular complexity index is 417. The molecule has 18 heavy (non-hydrogen) atoms. The molecule has 96 valence electrons. The number of carbonyl (C=O) groups excluding carboxylic acids is 1. The summed E-state index contributed by atoms with van der Waals surface area (Å²) in [5.41, 5.74) is 1.69. The molecule has 0 bridgehead atoms. The van der Waals surface area contributed by atoms with Crippen LogP contribution < -0.4 is 0 Å². The molecule has 0 heterocycles. The number of ether oxygens (including phenoxy) is 1. The van der Waals surface area contributed by atoms with Crippen LogP contribution in [0, 0.1) is 0 Å². The number of carbonyl (C=O) groups is 1. The molecule has 0 N–H and O–H groups in total. The fourth-order valence-electron chi connectivity index (χ4n) is 2.21. The van der Waals surface area contributed by atoms with Gasteiger partial charge in [-0.15, -0.1) is 0 Å². The van der Waals surface area contributed by atoms with Crippen LogP contribution in [-0.4, -0.2) is 12.1 Å². The predicted octanol–water partition coefficient (Wildman–Crippen LogP) is 4.54. The van der Waals surface area contributed by atoms with Crippen LogP contribution >= 0.6 is 15.9 Å². The van der Waals surface area contributed by atoms with E-state index in [1.807, 2.05) is 30.3 Å². The van der Waals surface area contributed by atoms with E-state index in [4.69, 9.17) is 4.74 Å². The third-order valence-electron chi connectivity index (χ3n) is 3.23. The molecule has 0 aromatic heterocycles. The highest BCUT2D eigenvalue weighted by Crippen LogP contribution is 2.21. The van der Waals surface area contributed by atoms with Gasteiger partial charge < -0.3 is 4.74 Å². The van der Waals surface area contributed by atoms with Crippen LogP contribution in [0.3, 0.4) is 0 Å². The molecule has 0 amide bonds. The minimum atomic E-state index is -0.198. The molecule has 1 aliphatic rings. The van der Waals surface area contributed by atoms with Gasteiger partial charge in [-0.3, -0.25) is 0 Å². The Balaban J connectivity index is 1.95. The summed E-state index contributed by atoms with van der Waals surface area (Å²) in [6, 6.07) is 7.45. The molecule has 0 saturated heterocycles. The molecule has 0 atom stereocenters. The Kier molecular flexibility index (Phi) is 5.00. The van der Waals surface area contributed by atoms with Crippen LogP contribution in [0.4, 0.5) is 0 Å². The molecule has 1 aromatic carbocycles. The Morgan fingerprint density at radius 2 is 1.83 bits per heavy atom. The normalized spacial score (nSPS) is 16.9. The summed E-state index contributed by atoms with van der Waals surface area (Å²) in [5, 5.41) is 0. The summed E-state index contributed by atoms with van der Waals surface area (Å²) in [5.74, 6) is -0.198. The van der Waals surface area contributed by atoms with Crippen molar-refractivity contribution in [2.24, 2.45) is 0 Å². The number of rotatable bonds is 3. The van der Waals surface area contributed by atoms with Gasteiger partial charge in [0.15, 0.2) is 0 Å². The second-order valence-corrected chi connectivity index (χ2v) is 5.11. The van der Waals surface area contributed by atoms with E-state index in [9.17, 15) is 4.79 Å². The van der Waals surface area contributed by atoms with Crippen LogP contribution in [0.15, 0.2) is 29.3 Å². The van der Waals surface area contributed by atoms with Crippen molar-refractivity contribution >= 4 is 28.0 Å². The van der Waals surface area contributed by atoms with Gasteiger partial charge in [0.05, 0.1) is 5.56 Å². The lowest BCUT2D eigenvalue weighted by molar-refractivity contribution is 0.0211. The molecular weight excluding hydrogens is 292 g/mol. The van der Waals surface area contributed by atoms with Crippen molar-refractivity contribution in [2.75, 3.05) is 0 Å². The number of halogens is 1. The van der Waals surface area contributed by atoms with Crippen molar-refractivity contribution in [1.82, 2.24) is 0 Å². The maximum absolute atomic E-state index is 11.9. The predicted molar refractivity (Wildman–Crippen MR) is 76.7 cm³/mol. The summed E-state index contributed by atoms with van der Waals surface area (Å²) in [4.78, 5) is 13.7. The summed E-state index contributed by atoms with van der Waals surface area (Å²) in [6.45, 7) is 0. The van der Waals surface area contributed by atoms with E-state index in [1.165, 1.54) is 19.3 Å². The Hall–Kier alpha value is -1.09. The van der Waals surface area contributed by atoms with E-state index >= 15 is 0 Å². The van der Waals surface area contributed by atoms with Crippen molar-refractivity contribution in [1.29, 1.82) is 0 Å². The Morgan fingerprint density at radius 1 is 1.17 bits per heavy atom. The highest BCUT2D eigenvalue weighted by Gasteiger charge is 2.18. The van der Waals surface area contributed by atoms with E-state index in [-0.39, 0.29) is 12.1 Å². The van der Waals surface area contributed by atoms with Crippen molar-refractivity contribution in [3.63, 3.8) is 0 Å². The molecule has 1 fully saturated rings. The van der Waals surface area contributed by atoms with Gasteiger partial charge in [0.2, 0.25) is 0 Å². The minimum absolute atomic E-state index is 0.119. The topological polar surface area (TPSA) is 26.3 Å². The molecule has 1 saturated carbocycles.